The molecule has 0 radical (unpaired) electrons. The Balaban J connectivity index is 1.49. The molecule has 9 heteroatoms. The first-order valence-corrected chi connectivity index (χ1v) is 12.5. The van der Waals surface area contributed by atoms with Gasteiger partial charge in [-0.25, -0.2) is 9.97 Å². The van der Waals surface area contributed by atoms with Gasteiger partial charge in [0, 0.05) is 56.1 Å². The average Bonchev–Trinajstić information content (AvgIpc) is 3.05. The Morgan fingerprint density at radius 1 is 1.18 bits per heavy atom. The molecule has 2 fully saturated rings. The van der Waals surface area contributed by atoms with Gasteiger partial charge in [-0.05, 0) is 51.3 Å². The molecule has 1 atom stereocenters. The number of carbonyl (C=O) groups is 1. The van der Waals surface area contributed by atoms with Gasteiger partial charge in [-0.2, -0.15) is 0 Å². The van der Waals surface area contributed by atoms with Crippen LogP contribution in [0.4, 0.5) is 5.82 Å². The van der Waals surface area contributed by atoms with Crippen LogP contribution in [0.15, 0.2) is 18.5 Å². The standard InChI is InChI=1S/C24H31Cl2N5O2/c1-31-7-3-2-4-17(15-31)21(32)11-18-10-19(20(25)13-27-18)23-24(26)29-14-22(30-23)28-12-16-5-8-33-9-6-16/h10,13-14,16-17H,2-9,11-12,15H2,1H3,(H,28,30). The molecule has 0 saturated carbocycles. The number of aromatic nitrogens is 3. The number of Topliss-reactive ketones (excluding diaryl/α,β-unsaturated/α-hetero) is 1. The van der Waals surface area contributed by atoms with Gasteiger partial charge < -0.3 is 15.0 Å². The lowest BCUT2D eigenvalue weighted by atomic mass is 9.95. The van der Waals surface area contributed by atoms with E-state index in [1.54, 1.807) is 12.4 Å². The molecule has 0 bridgehead atoms. The molecule has 4 heterocycles. The summed E-state index contributed by atoms with van der Waals surface area (Å²) in [6, 6.07) is 1.82. The molecule has 1 N–H and O–H groups in total. The van der Waals surface area contributed by atoms with Gasteiger partial charge in [-0.15, -0.1) is 0 Å². The van der Waals surface area contributed by atoms with Gasteiger partial charge in [0.1, 0.15) is 17.3 Å². The van der Waals surface area contributed by atoms with Gasteiger partial charge in [-0.3, -0.25) is 9.78 Å². The number of ether oxygens (including phenoxy) is 1. The highest BCUT2D eigenvalue weighted by Gasteiger charge is 2.24. The third-order valence-corrected chi connectivity index (χ3v) is 7.07. The first kappa shape index (κ1) is 24.3. The number of ketones is 1. The van der Waals surface area contributed by atoms with Crippen LogP contribution in [-0.4, -0.2) is 65.5 Å². The molecule has 2 aromatic rings. The number of likely N-dealkylation sites (tertiary alicyclic amines) is 1. The fraction of sp³-hybridized carbons (Fsp3) is 0.583. The van der Waals surface area contributed by atoms with E-state index >= 15 is 0 Å². The van der Waals surface area contributed by atoms with Crippen LogP contribution in [0.25, 0.3) is 11.3 Å². The number of anilines is 1. The second-order valence-electron chi connectivity index (χ2n) is 9.08. The molecule has 2 aliphatic rings. The van der Waals surface area contributed by atoms with Crippen LogP contribution >= 0.6 is 23.2 Å². The monoisotopic (exact) mass is 491 g/mol. The maximum absolute atomic E-state index is 13.0. The fourth-order valence-corrected chi connectivity index (χ4v) is 4.89. The van der Waals surface area contributed by atoms with Gasteiger partial charge in [0.15, 0.2) is 5.15 Å². The molecule has 0 amide bonds. The minimum Gasteiger partial charge on any atom is -0.381 e. The van der Waals surface area contributed by atoms with Gasteiger partial charge in [0.05, 0.1) is 11.2 Å². The van der Waals surface area contributed by atoms with Gasteiger partial charge in [0.25, 0.3) is 0 Å². The van der Waals surface area contributed by atoms with Crippen molar-refractivity contribution in [3.8, 4) is 11.3 Å². The first-order valence-electron chi connectivity index (χ1n) is 11.7. The van der Waals surface area contributed by atoms with Crippen LogP contribution in [0.1, 0.15) is 37.8 Å². The van der Waals surface area contributed by atoms with Gasteiger partial charge in [0.2, 0.25) is 0 Å². The molecule has 2 aromatic heterocycles. The molecule has 4 rings (SSSR count). The highest BCUT2D eigenvalue weighted by Crippen LogP contribution is 2.32. The SMILES string of the molecule is CN1CCCCC(C(=O)Cc2cc(-c3nc(NCC4CCOCC4)cnc3Cl)c(Cl)cn2)C1. The quantitative estimate of drug-likeness (QED) is 0.609. The molecule has 1 unspecified atom stereocenters. The topological polar surface area (TPSA) is 80.2 Å². The molecule has 2 aliphatic heterocycles. The lowest BCUT2D eigenvalue weighted by Crippen LogP contribution is -2.29. The maximum atomic E-state index is 13.0. The Labute approximate surface area is 205 Å². The number of carbonyl (C=O) groups excluding carboxylic acids is 1. The predicted molar refractivity (Wildman–Crippen MR) is 131 cm³/mol. The summed E-state index contributed by atoms with van der Waals surface area (Å²) >= 11 is 12.9. The van der Waals surface area contributed by atoms with Crippen LogP contribution in [-0.2, 0) is 16.0 Å². The first-order chi connectivity index (χ1) is 16.0. The summed E-state index contributed by atoms with van der Waals surface area (Å²) in [5.74, 6) is 1.45. The number of halogens is 2. The van der Waals surface area contributed by atoms with Crippen molar-refractivity contribution in [1.29, 1.82) is 0 Å². The zero-order valence-corrected chi connectivity index (χ0v) is 20.5. The van der Waals surface area contributed by atoms with E-state index in [2.05, 4.69) is 32.2 Å². The number of hydrogen-bond donors (Lipinski definition) is 1. The van der Waals surface area contributed by atoms with Crippen LogP contribution < -0.4 is 5.32 Å². The zero-order valence-electron chi connectivity index (χ0n) is 19.0. The maximum Gasteiger partial charge on any atom is 0.155 e. The van der Waals surface area contributed by atoms with E-state index < -0.39 is 0 Å². The summed E-state index contributed by atoms with van der Waals surface area (Å²) in [4.78, 5) is 28.6. The number of rotatable bonds is 7. The van der Waals surface area contributed by atoms with E-state index in [9.17, 15) is 4.79 Å². The number of hydrogen-bond acceptors (Lipinski definition) is 7. The largest absolute Gasteiger partial charge is 0.381 e. The normalized spacial score (nSPS) is 20.4. The summed E-state index contributed by atoms with van der Waals surface area (Å²) in [5.41, 5.74) is 1.80. The third-order valence-electron chi connectivity index (χ3n) is 6.49. The molecule has 178 valence electrons. The Hall–Kier alpha value is -1.80. The third kappa shape index (κ3) is 6.63. The number of nitrogens with one attached hydrogen (secondary N) is 1. The van der Waals surface area contributed by atoms with Gasteiger partial charge in [-0.1, -0.05) is 29.6 Å². The van der Waals surface area contributed by atoms with E-state index in [0.717, 1.165) is 65.0 Å². The molecule has 7 nitrogen and oxygen atoms in total. The van der Waals surface area contributed by atoms with Crippen molar-refractivity contribution < 1.29 is 9.53 Å². The summed E-state index contributed by atoms with van der Waals surface area (Å²) < 4.78 is 5.43. The minimum atomic E-state index is 0.0412. The Morgan fingerprint density at radius 2 is 2.00 bits per heavy atom. The van der Waals surface area contributed by atoms with Crippen LogP contribution in [0.5, 0.6) is 0 Å². The fourth-order valence-electron chi connectivity index (χ4n) is 4.51. The van der Waals surface area contributed by atoms with Crippen molar-refractivity contribution in [2.24, 2.45) is 11.8 Å². The Morgan fingerprint density at radius 3 is 2.82 bits per heavy atom. The lowest BCUT2D eigenvalue weighted by molar-refractivity contribution is -0.122. The smallest absolute Gasteiger partial charge is 0.155 e. The minimum absolute atomic E-state index is 0.0412. The summed E-state index contributed by atoms with van der Waals surface area (Å²) in [6.07, 6.45) is 8.69. The highest BCUT2D eigenvalue weighted by molar-refractivity contribution is 6.35. The van der Waals surface area contributed by atoms with Crippen LogP contribution in [0.2, 0.25) is 10.2 Å². The average molecular weight is 492 g/mol. The van der Waals surface area contributed by atoms with Crippen molar-refractivity contribution in [2.45, 2.75) is 38.5 Å². The van der Waals surface area contributed by atoms with Gasteiger partial charge >= 0.3 is 0 Å². The zero-order chi connectivity index (χ0) is 23.2. The van der Waals surface area contributed by atoms with Crippen molar-refractivity contribution >= 4 is 34.8 Å². The molecule has 0 spiro atoms. The van der Waals surface area contributed by atoms with E-state index in [4.69, 9.17) is 27.9 Å². The second-order valence-corrected chi connectivity index (χ2v) is 9.85. The van der Waals surface area contributed by atoms with E-state index in [1.165, 1.54) is 0 Å². The van der Waals surface area contributed by atoms with E-state index in [1.807, 2.05) is 6.07 Å². The van der Waals surface area contributed by atoms with E-state index in [0.29, 0.717) is 33.7 Å². The van der Waals surface area contributed by atoms with Crippen LogP contribution in [0, 0.1) is 11.8 Å². The summed E-state index contributed by atoms with van der Waals surface area (Å²) in [7, 11) is 2.08. The van der Waals surface area contributed by atoms with Crippen LogP contribution in [0.3, 0.4) is 0 Å². The van der Waals surface area contributed by atoms with Crippen molar-refractivity contribution in [3.63, 3.8) is 0 Å². The molecule has 33 heavy (non-hydrogen) atoms. The summed E-state index contributed by atoms with van der Waals surface area (Å²) in [6.45, 7) is 4.25. The number of pyridine rings is 1. The Kier molecular flexibility index (Phi) is 8.52. The number of nitrogens with zero attached hydrogens (tertiary/aromatic N) is 4. The molecule has 2 saturated heterocycles. The molecular weight excluding hydrogens is 461 g/mol. The second kappa shape index (κ2) is 11.6. The van der Waals surface area contributed by atoms with E-state index in [-0.39, 0.29) is 23.3 Å². The summed E-state index contributed by atoms with van der Waals surface area (Å²) in [5, 5.41) is 4.06. The molecular formula is C24H31Cl2N5O2. The molecule has 0 aliphatic carbocycles. The van der Waals surface area contributed by atoms with Crippen molar-refractivity contribution in [1.82, 2.24) is 19.9 Å². The van der Waals surface area contributed by atoms with Crippen molar-refractivity contribution in [3.05, 3.63) is 34.3 Å². The Bertz CT molecular complexity index is 968. The lowest BCUT2D eigenvalue weighted by Gasteiger charge is -2.22. The van der Waals surface area contributed by atoms with Crippen molar-refractivity contribution in [2.75, 3.05) is 45.2 Å². The molecule has 0 aromatic carbocycles. The highest BCUT2D eigenvalue weighted by atomic mass is 35.5. The predicted octanol–water partition coefficient (Wildman–Crippen LogP) is 4.53.